The number of hydrogen-bond donors (Lipinski definition) is 0. The zero-order valence-electron chi connectivity index (χ0n) is 20.1. The summed E-state index contributed by atoms with van der Waals surface area (Å²) in [7, 11) is 1.62. The van der Waals surface area contributed by atoms with E-state index in [0.29, 0.717) is 13.1 Å². The van der Waals surface area contributed by atoms with Crippen LogP contribution in [0.15, 0.2) is 60.0 Å². The van der Waals surface area contributed by atoms with Gasteiger partial charge in [-0.1, -0.05) is 43.3 Å². The minimum absolute atomic E-state index is 0.00151. The number of ether oxygens (including phenoxy) is 1. The van der Waals surface area contributed by atoms with Crippen LogP contribution < -0.4 is 4.74 Å². The fourth-order valence-electron chi connectivity index (χ4n) is 4.66. The first-order chi connectivity index (χ1) is 16.5. The highest BCUT2D eigenvalue weighted by molar-refractivity contribution is 7.10. The fraction of sp³-hybridized carbons (Fsp3) is 0.357. The van der Waals surface area contributed by atoms with Crippen LogP contribution in [0.4, 0.5) is 0 Å². The number of benzene rings is 2. The van der Waals surface area contributed by atoms with E-state index in [9.17, 15) is 9.59 Å². The van der Waals surface area contributed by atoms with Crippen LogP contribution in [0.5, 0.6) is 5.75 Å². The Morgan fingerprint density at radius 2 is 1.85 bits per heavy atom. The molecule has 2 aromatic carbocycles. The Morgan fingerprint density at radius 3 is 2.56 bits per heavy atom. The van der Waals surface area contributed by atoms with E-state index in [2.05, 4.69) is 30.5 Å². The Morgan fingerprint density at radius 1 is 1.09 bits per heavy atom. The van der Waals surface area contributed by atoms with Gasteiger partial charge in [0.15, 0.2) is 0 Å². The van der Waals surface area contributed by atoms with E-state index < -0.39 is 0 Å². The highest BCUT2D eigenvalue weighted by atomic mass is 32.1. The monoisotopic (exact) mass is 476 g/mol. The van der Waals surface area contributed by atoms with E-state index >= 15 is 0 Å². The van der Waals surface area contributed by atoms with E-state index in [1.807, 2.05) is 48.2 Å². The highest BCUT2D eigenvalue weighted by Crippen LogP contribution is 2.39. The molecule has 1 aromatic heterocycles. The predicted octanol–water partition coefficient (Wildman–Crippen LogP) is 5.02. The average Bonchev–Trinajstić information content (AvgIpc) is 3.33. The van der Waals surface area contributed by atoms with Crippen LogP contribution in [0.25, 0.3) is 0 Å². The largest absolute Gasteiger partial charge is 0.497 e. The van der Waals surface area contributed by atoms with Crippen LogP contribution in [0.1, 0.15) is 46.5 Å². The molecule has 2 heterocycles. The van der Waals surface area contributed by atoms with Gasteiger partial charge in [-0.15, -0.1) is 11.3 Å². The molecule has 1 unspecified atom stereocenters. The molecule has 0 bridgehead atoms. The summed E-state index contributed by atoms with van der Waals surface area (Å²) in [6, 6.07) is 17.8. The summed E-state index contributed by atoms with van der Waals surface area (Å²) in [6.07, 6.45) is 1.93. The molecule has 178 valence electrons. The van der Waals surface area contributed by atoms with Gasteiger partial charge in [-0.25, -0.2) is 0 Å². The molecule has 5 nitrogen and oxygen atoms in total. The number of thiophene rings is 1. The quantitative estimate of drug-likeness (QED) is 0.459. The maximum atomic E-state index is 13.7. The lowest BCUT2D eigenvalue weighted by molar-refractivity contribution is -0.141. The summed E-state index contributed by atoms with van der Waals surface area (Å²) in [6.45, 7) is 5.46. The molecule has 0 N–H and O–H groups in total. The molecule has 0 saturated heterocycles. The van der Waals surface area contributed by atoms with Crippen LogP contribution in [0, 0.1) is 6.92 Å². The van der Waals surface area contributed by atoms with Crippen LogP contribution >= 0.6 is 11.3 Å². The topological polar surface area (TPSA) is 49.9 Å². The molecule has 0 aliphatic carbocycles. The Labute approximate surface area is 206 Å². The number of aryl methyl sites for hydroxylation is 1. The summed E-state index contributed by atoms with van der Waals surface area (Å²) in [5.41, 5.74) is 4.45. The average molecular weight is 477 g/mol. The summed E-state index contributed by atoms with van der Waals surface area (Å²) in [5.74, 6) is 0.736. The van der Waals surface area contributed by atoms with Crippen LogP contribution in [0.3, 0.4) is 0 Å². The van der Waals surface area contributed by atoms with Crippen LogP contribution in [-0.4, -0.2) is 48.4 Å². The van der Waals surface area contributed by atoms with Crippen molar-refractivity contribution >= 4 is 23.2 Å². The van der Waals surface area contributed by atoms with E-state index in [0.717, 1.165) is 29.7 Å². The van der Waals surface area contributed by atoms with Crippen molar-refractivity contribution < 1.29 is 14.3 Å². The Hall–Kier alpha value is -3.12. The Kier molecular flexibility index (Phi) is 7.68. The normalized spacial score (nSPS) is 15.0. The van der Waals surface area contributed by atoms with E-state index in [-0.39, 0.29) is 30.8 Å². The number of methoxy groups -OCH3 is 1. The molecule has 0 spiro atoms. The minimum Gasteiger partial charge on any atom is -0.497 e. The van der Waals surface area contributed by atoms with Crippen LogP contribution in [-0.2, 0) is 22.4 Å². The third kappa shape index (κ3) is 5.17. The van der Waals surface area contributed by atoms with Crippen molar-refractivity contribution in [3.05, 3.63) is 87.1 Å². The van der Waals surface area contributed by atoms with Crippen molar-refractivity contribution in [2.45, 2.75) is 39.2 Å². The van der Waals surface area contributed by atoms with Gasteiger partial charge in [0.2, 0.25) is 11.8 Å². The van der Waals surface area contributed by atoms with Gasteiger partial charge in [0, 0.05) is 18.0 Å². The number of amides is 2. The number of hydrogen-bond acceptors (Lipinski definition) is 4. The van der Waals surface area contributed by atoms with Gasteiger partial charge in [0.1, 0.15) is 5.75 Å². The predicted molar refractivity (Wildman–Crippen MR) is 136 cm³/mol. The molecule has 1 atom stereocenters. The fourth-order valence-corrected chi connectivity index (χ4v) is 5.56. The Bertz CT molecular complexity index is 1140. The lowest BCUT2D eigenvalue weighted by Gasteiger charge is -2.38. The molecular formula is C28H32N2O3S. The lowest BCUT2D eigenvalue weighted by Crippen LogP contribution is -2.47. The van der Waals surface area contributed by atoms with Gasteiger partial charge < -0.3 is 14.5 Å². The second-order valence-corrected chi connectivity index (χ2v) is 9.74. The van der Waals surface area contributed by atoms with Crippen molar-refractivity contribution in [2.75, 3.05) is 26.7 Å². The molecular weight excluding hydrogens is 444 g/mol. The van der Waals surface area contributed by atoms with Gasteiger partial charge >= 0.3 is 0 Å². The molecule has 34 heavy (non-hydrogen) atoms. The summed E-state index contributed by atoms with van der Waals surface area (Å²) in [4.78, 5) is 31.9. The molecule has 0 radical (unpaired) electrons. The molecule has 4 rings (SSSR count). The van der Waals surface area contributed by atoms with E-state index in [1.54, 1.807) is 23.3 Å². The van der Waals surface area contributed by atoms with Crippen molar-refractivity contribution in [3.63, 3.8) is 0 Å². The van der Waals surface area contributed by atoms with Gasteiger partial charge in [0.25, 0.3) is 0 Å². The summed E-state index contributed by atoms with van der Waals surface area (Å²) >= 11 is 1.76. The molecule has 0 fully saturated rings. The number of carbonyl (C=O) groups excluding carboxylic acids is 2. The first-order valence-electron chi connectivity index (χ1n) is 11.8. The minimum atomic E-state index is -0.108. The third-order valence-electron chi connectivity index (χ3n) is 6.46. The van der Waals surface area contributed by atoms with Crippen molar-refractivity contribution in [3.8, 4) is 5.75 Å². The SMILES string of the molecule is CCCN(CC(=O)N1CCc2sccc2C1c1ccccc1C)C(=O)Cc1ccc(OC)cc1. The van der Waals surface area contributed by atoms with E-state index in [4.69, 9.17) is 4.74 Å². The molecule has 1 aliphatic heterocycles. The van der Waals surface area contributed by atoms with Crippen LogP contribution in [0.2, 0.25) is 0 Å². The zero-order valence-corrected chi connectivity index (χ0v) is 20.9. The number of rotatable bonds is 8. The molecule has 3 aromatic rings. The van der Waals surface area contributed by atoms with Gasteiger partial charge in [-0.2, -0.15) is 0 Å². The highest BCUT2D eigenvalue weighted by Gasteiger charge is 2.34. The number of nitrogens with zero attached hydrogens (tertiary/aromatic N) is 2. The third-order valence-corrected chi connectivity index (χ3v) is 7.45. The molecule has 1 aliphatic rings. The molecule has 2 amide bonds. The van der Waals surface area contributed by atoms with Gasteiger partial charge in [-0.05, 0) is 65.6 Å². The standard InChI is InChI=1S/C28H32N2O3S/c1-4-15-29(26(31)18-21-9-11-22(33-3)12-10-21)19-27(32)30-16-13-25-24(14-17-34-25)28(30)23-8-6-5-7-20(23)2/h5-12,14,17,28H,4,13,15-16,18-19H2,1-3H3. The van der Waals surface area contributed by atoms with Crippen molar-refractivity contribution in [1.82, 2.24) is 9.80 Å². The smallest absolute Gasteiger partial charge is 0.242 e. The second kappa shape index (κ2) is 10.9. The Balaban J connectivity index is 1.54. The molecule has 6 heteroatoms. The number of carbonyl (C=O) groups is 2. The first-order valence-corrected chi connectivity index (χ1v) is 12.7. The first kappa shape index (κ1) is 24.0. The number of fused-ring (bicyclic) bond motifs is 1. The summed E-state index contributed by atoms with van der Waals surface area (Å²) < 4.78 is 5.21. The zero-order chi connectivity index (χ0) is 24.1. The second-order valence-electron chi connectivity index (χ2n) is 8.74. The maximum Gasteiger partial charge on any atom is 0.242 e. The van der Waals surface area contributed by atoms with Gasteiger partial charge in [-0.3, -0.25) is 9.59 Å². The molecule has 0 saturated carbocycles. The summed E-state index contributed by atoms with van der Waals surface area (Å²) in [5, 5.41) is 2.12. The van der Waals surface area contributed by atoms with Gasteiger partial charge in [0.05, 0.1) is 26.1 Å². The van der Waals surface area contributed by atoms with Crippen molar-refractivity contribution in [2.24, 2.45) is 0 Å². The van der Waals surface area contributed by atoms with E-state index in [1.165, 1.54) is 16.0 Å². The van der Waals surface area contributed by atoms with Crippen molar-refractivity contribution in [1.29, 1.82) is 0 Å². The lowest BCUT2D eigenvalue weighted by atomic mass is 9.90. The maximum absolute atomic E-state index is 13.7.